The van der Waals surface area contributed by atoms with Crippen molar-refractivity contribution in [3.05, 3.63) is 29.6 Å². The van der Waals surface area contributed by atoms with Crippen LogP contribution in [0.3, 0.4) is 0 Å². The maximum Gasteiger partial charge on any atom is 0.0637 e. The molecule has 0 radical (unpaired) electrons. The van der Waals surface area contributed by atoms with E-state index in [1.807, 2.05) is 19.2 Å². The molecule has 2 heteroatoms. The zero-order chi connectivity index (χ0) is 9.97. The van der Waals surface area contributed by atoms with Crippen LogP contribution < -0.4 is 4.90 Å². The topological polar surface area (TPSA) is 16.1 Å². The molecule has 0 saturated carbocycles. The first-order chi connectivity index (χ1) is 6.81. The maximum atomic E-state index is 4.50. The van der Waals surface area contributed by atoms with E-state index in [9.17, 15) is 0 Å². The molecule has 0 spiro atoms. The highest BCUT2D eigenvalue weighted by Crippen LogP contribution is 2.25. The van der Waals surface area contributed by atoms with E-state index in [0.717, 1.165) is 13.0 Å². The van der Waals surface area contributed by atoms with Crippen molar-refractivity contribution >= 4 is 11.8 Å². The minimum atomic E-state index is 1.12. The summed E-state index contributed by atoms with van der Waals surface area (Å²) >= 11 is 0. The minimum absolute atomic E-state index is 1.12. The third-order valence-electron chi connectivity index (χ3n) is 2.65. The summed E-state index contributed by atoms with van der Waals surface area (Å²) in [4.78, 5) is 6.79. The molecule has 2 heterocycles. The van der Waals surface area contributed by atoms with Crippen molar-refractivity contribution in [3.8, 4) is 0 Å². The van der Waals surface area contributed by atoms with Gasteiger partial charge in [0.2, 0.25) is 0 Å². The SMILES string of the molecule is C/C=C/c1cnc2c(c1)N(C)CCC2. The summed E-state index contributed by atoms with van der Waals surface area (Å²) < 4.78 is 0. The molecule has 0 unspecified atom stereocenters. The number of anilines is 1. The molecular formula is C12H16N2. The van der Waals surface area contributed by atoms with E-state index in [1.165, 1.54) is 23.4 Å². The highest BCUT2D eigenvalue weighted by molar-refractivity contribution is 5.60. The zero-order valence-electron chi connectivity index (χ0n) is 8.83. The van der Waals surface area contributed by atoms with E-state index < -0.39 is 0 Å². The molecule has 0 atom stereocenters. The molecule has 0 saturated heterocycles. The third-order valence-corrected chi connectivity index (χ3v) is 2.65. The first-order valence-corrected chi connectivity index (χ1v) is 5.14. The third kappa shape index (κ3) is 1.65. The summed E-state index contributed by atoms with van der Waals surface area (Å²) in [6.07, 6.45) is 8.44. The van der Waals surface area contributed by atoms with Crippen molar-refractivity contribution in [2.24, 2.45) is 0 Å². The Hall–Kier alpha value is -1.31. The lowest BCUT2D eigenvalue weighted by Gasteiger charge is -2.26. The number of aryl methyl sites for hydroxylation is 1. The number of fused-ring (bicyclic) bond motifs is 1. The first-order valence-electron chi connectivity index (χ1n) is 5.14. The number of hydrogen-bond acceptors (Lipinski definition) is 2. The summed E-state index contributed by atoms with van der Waals surface area (Å²) in [5.41, 5.74) is 3.74. The molecule has 0 bridgehead atoms. The molecule has 0 amide bonds. The molecule has 2 nitrogen and oxygen atoms in total. The fourth-order valence-corrected chi connectivity index (χ4v) is 1.91. The lowest BCUT2D eigenvalue weighted by Crippen LogP contribution is -2.25. The molecule has 74 valence electrons. The molecule has 1 aliphatic heterocycles. The second kappa shape index (κ2) is 3.82. The molecule has 0 aliphatic carbocycles. The molecule has 1 aromatic heterocycles. The highest BCUT2D eigenvalue weighted by atomic mass is 15.1. The quantitative estimate of drug-likeness (QED) is 0.673. The fraction of sp³-hybridized carbons (Fsp3) is 0.417. The monoisotopic (exact) mass is 188 g/mol. The predicted octanol–water partition coefficient (Wildman–Crippen LogP) is 2.50. The average Bonchev–Trinajstić information content (AvgIpc) is 2.20. The van der Waals surface area contributed by atoms with Crippen LogP contribution in [0.4, 0.5) is 5.69 Å². The van der Waals surface area contributed by atoms with E-state index in [0.29, 0.717) is 0 Å². The van der Waals surface area contributed by atoms with Crippen molar-refractivity contribution in [3.63, 3.8) is 0 Å². The van der Waals surface area contributed by atoms with E-state index >= 15 is 0 Å². The molecule has 0 fully saturated rings. The summed E-state index contributed by atoms with van der Waals surface area (Å²) in [5.74, 6) is 0. The first kappa shape index (κ1) is 9.25. The predicted molar refractivity (Wildman–Crippen MR) is 60.5 cm³/mol. The van der Waals surface area contributed by atoms with Gasteiger partial charge in [0.15, 0.2) is 0 Å². The Labute approximate surface area is 85.3 Å². The van der Waals surface area contributed by atoms with Crippen LogP contribution in [0.5, 0.6) is 0 Å². The van der Waals surface area contributed by atoms with Gasteiger partial charge < -0.3 is 4.90 Å². The van der Waals surface area contributed by atoms with E-state index in [-0.39, 0.29) is 0 Å². The Morgan fingerprint density at radius 1 is 1.50 bits per heavy atom. The standard InChI is InChI=1S/C12H16N2/c1-3-5-10-8-12-11(13-9-10)6-4-7-14(12)2/h3,5,8-9H,4,6-7H2,1-2H3/b5-3+. The lowest BCUT2D eigenvalue weighted by molar-refractivity contribution is 0.725. The van der Waals surface area contributed by atoms with E-state index in [1.54, 1.807) is 0 Å². The molecule has 1 aliphatic rings. The number of rotatable bonds is 1. The molecule has 1 aromatic rings. The maximum absolute atomic E-state index is 4.50. The largest absolute Gasteiger partial charge is 0.373 e. The Morgan fingerprint density at radius 2 is 2.36 bits per heavy atom. The number of allylic oxidation sites excluding steroid dienone is 1. The van der Waals surface area contributed by atoms with Gasteiger partial charge in [-0.3, -0.25) is 4.98 Å². The minimum Gasteiger partial charge on any atom is -0.373 e. The van der Waals surface area contributed by atoms with Crippen molar-refractivity contribution in [1.82, 2.24) is 4.98 Å². The Balaban J connectivity index is 2.40. The molecule has 14 heavy (non-hydrogen) atoms. The van der Waals surface area contributed by atoms with Gasteiger partial charge in [-0.05, 0) is 31.4 Å². The smallest absolute Gasteiger partial charge is 0.0637 e. The van der Waals surface area contributed by atoms with Gasteiger partial charge >= 0.3 is 0 Å². The van der Waals surface area contributed by atoms with Crippen LogP contribution in [-0.4, -0.2) is 18.6 Å². The van der Waals surface area contributed by atoms with Crippen LogP contribution >= 0.6 is 0 Å². The van der Waals surface area contributed by atoms with E-state index in [4.69, 9.17) is 0 Å². The van der Waals surface area contributed by atoms with Crippen molar-refractivity contribution < 1.29 is 0 Å². The Morgan fingerprint density at radius 3 is 3.14 bits per heavy atom. The van der Waals surface area contributed by atoms with Gasteiger partial charge in [0.05, 0.1) is 11.4 Å². The fourth-order valence-electron chi connectivity index (χ4n) is 1.91. The molecular weight excluding hydrogens is 172 g/mol. The van der Waals surface area contributed by atoms with Gasteiger partial charge in [-0.25, -0.2) is 0 Å². The second-order valence-corrected chi connectivity index (χ2v) is 3.76. The van der Waals surface area contributed by atoms with Gasteiger partial charge in [0, 0.05) is 19.8 Å². The lowest BCUT2D eigenvalue weighted by atomic mass is 10.1. The summed E-state index contributed by atoms with van der Waals surface area (Å²) in [7, 11) is 2.14. The summed E-state index contributed by atoms with van der Waals surface area (Å²) in [5, 5.41) is 0. The van der Waals surface area contributed by atoms with Gasteiger partial charge in [-0.2, -0.15) is 0 Å². The van der Waals surface area contributed by atoms with Crippen LogP contribution in [0.15, 0.2) is 18.3 Å². The van der Waals surface area contributed by atoms with Gasteiger partial charge in [0.25, 0.3) is 0 Å². The Kier molecular flexibility index (Phi) is 2.53. The van der Waals surface area contributed by atoms with Crippen LogP contribution in [0.2, 0.25) is 0 Å². The highest BCUT2D eigenvalue weighted by Gasteiger charge is 2.14. The normalized spacial score (nSPS) is 16.0. The number of aromatic nitrogens is 1. The van der Waals surface area contributed by atoms with Crippen LogP contribution in [0.1, 0.15) is 24.6 Å². The van der Waals surface area contributed by atoms with Crippen molar-refractivity contribution in [2.45, 2.75) is 19.8 Å². The van der Waals surface area contributed by atoms with Crippen LogP contribution in [0.25, 0.3) is 6.08 Å². The zero-order valence-corrected chi connectivity index (χ0v) is 8.83. The molecule has 0 aromatic carbocycles. The van der Waals surface area contributed by atoms with Crippen LogP contribution in [-0.2, 0) is 6.42 Å². The number of hydrogen-bond donors (Lipinski definition) is 0. The summed E-state index contributed by atoms with van der Waals surface area (Å²) in [6.45, 7) is 3.18. The summed E-state index contributed by atoms with van der Waals surface area (Å²) in [6, 6.07) is 2.22. The number of pyridine rings is 1. The van der Waals surface area contributed by atoms with E-state index in [2.05, 4.69) is 29.1 Å². The van der Waals surface area contributed by atoms with Crippen molar-refractivity contribution in [2.75, 3.05) is 18.5 Å². The van der Waals surface area contributed by atoms with Crippen molar-refractivity contribution in [1.29, 1.82) is 0 Å². The number of nitrogens with zero attached hydrogens (tertiary/aromatic N) is 2. The second-order valence-electron chi connectivity index (χ2n) is 3.76. The van der Waals surface area contributed by atoms with Crippen LogP contribution in [0, 0.1) is 0 Å². The van der Waals surface area contributed by atoms with Gasteiger partial charge in [0.1, 0.15) is 0 Å². The van der Waals surface area contributed by atoms with Gasteiger partial charge in [-0.15, -0.1) is 0 Å². The molecule has 0 N–H and O–H groups in total. The van der Waals surface area contributed by atoms with Gasteiger partial charge in [-0.1, -0.05) is 12.2 Å². The average molecular weight is 188 g/mol. The molecule has 2 rings (SSSR count). The Bertz CT molecular complexity index is 355.